The summed E-state index contributed by atoms with van der Waals surface area (Å²) in [4.78, 5) is 2.24. The van der Waals surface area contributed by atoms with Crippen LogP contribution < -0.4 is 14.4 Å². The molecule has 30 heavy (non-hydrogen) atoms. The predicted octanol–water partition coefficient (Wildman–Crippen LogP) is 4.20. The highest BCUT2D eigenvalue weighted by Crippen LogP contribution is 2.41. The molecule has 1 aromatic heterocycles. The van der Waals surface area contributed by atoms with Gasteiger partial charge in [0, 0.05) is 18.8 Å². The van der Waals surface area contributed by atoms with Crippen LogP contribution in [0.15, 0.2) is 46.0 Å². The topological polar surface area (TPSA) is 61.6 Å². The number of benzene rings is 2. The van der Waals surface area contributed by atoms with Gasteiger partial charge in [-0.05, 0) is 58.2 Å². The quantitative estimate of drug-likeness (QED) is 0.498. The van der Waals surface area contributed by atoms with Crippen LogP contribution >= 0.6 is 27.7 Å². The Hall–Kier alpha value is -2.23. The number of aryl methyl sites for hydroxylation is 1. The molecule has 1 fully saturated rings. The Balaban J connectivity index is 1.46. The van der Waals surface area contributed by atoms with E-state index in [1.54, 1.807) is 11.8 Å². The third kappa shape index (κ3) is 3.89. The summed E-state index contributed by atoms with van der Waals surface area (Å²) in [6.07, 6.45) is 0. The van der Waals surface area contributed by atoms with Gasteiger partial charge in [0.1, 0.15) is 0 Å². The molecule has 156 valence electrons. The standard InChI is InChI=1S/C21H21BrN4O3S/c1-14-3-2-4-16(9-14)26-20(25-5-7-27-8-6-25)23-24-21(26)30-12-15-10-17(22)19-18(11-15)28-13-29-19/h2-4,9-11H,5-8,12-13H2,1H3. The van der Waals surface area contributed by atoms with E-state index >= 15 is 0 Å². The lowest BCUT2D eigenvalue weighted by atomic mass is 10.2. The van der Waals surface area contributed by atoms with Crippen molar-refractivity contribution in [2.45, 2.75) is 17.8 Å². The molecule has 0 atom stereocenters. The maximum atomic E-state index is 5.55. The second kappa shape index (κ2) is 8.49. The maximum Gasteiger partial charge on any atom is 0.232 e. The lowest BCUT2D eigenvalue weighted by molar-refractivity contribution is 0.122. The number of rotatable bonds is 5. The Kier molecular flexibility index (Phi) is 5.58. The molecule has 0 radical (unpaired) electrons. The van der Waals surface area contributed by atoms with Crippen molar-refractivity contribution >= 4 is 33.6 Å². The largest absolute Gasteiger partial charge is 0.454 e. The van der Waals surface area contributed by atoms with Gasteiger partial charge in [-0.25, -0.2) is 0 Å². The molecule has 9 heteroatoms. The van der Waals surface area contributed by atoms with Gasteiger partial charge in [-0.2, -0.15) is 0 Å². The highest BCUT2D eigenvalue weighted by molar-refractivity contribution is 9.10. The Morgan fingerprint density at radius 2 is 1.97 bits per heavy atom. The minimum Gasteiger partial charge on any atom is -0.454 e. The van der Waals surface area contributed by atoms with Gasteiger partial charge in [-0.15, -0.1) is 10.2 Å². The van der Waals surface area contributed by atoms with E-state index in [4.69, 9.17) is 14.2 Å². The van der Waals surface area contributed by atoms with Crippen LogP contribution in [0.4, 0.5) is 5.95 Å². The van der Waals surface area contributed by atoms with Crippen molar-refractivity contribution in [1.29, 1.82) is 0 Å². The molecule has 0 N–H and O–H groups in total. The summed E-state index contributed by atoms with van der Waals surface area (Å²) in [5.41, 5.74) is 3.39. The lowest BCUT2D eigenvalue weighted by Gasteiger charge is -2.28. The third-order valence-electron chi connectivity index (χ3n) is 5.02. The summed E-state index contributed by atoms with van der Waals surface area (Å²) >= 11 is 5.23. The molecule has 0 spiro atoms. The van der Waals surface area contributed by atoms with E-state index in [-0.39, 0.29) is 6.79 Å². The van der Waals surface area contributed by atoms with Crippen LogP contribution in [0.5, 0.6) is 11.5 Å². The molecule has 0 aliphatic carbocycles. The summed E-state index contributed by atoms with van der Waals surface area (Å²) < 4.78 is 19.6. The van der Waals surface area contributed by atoms with Crippen molar-refractivity contribution in [2.75, 3.05) is 38.0 Å². The van der Waals surface area contributed by atoms with E-state index in [2.05, 4.69) is 72.8 Å². The number of halogens is 1. The first kappa shape index (κ1) is 19.7. The minimum atomic E-state index is 0.259. The Labute approximate surface area is 187 Å². The van der Waals surface area contributed by atoms with Gasteiger partial charge in [0.15, 0.2) is 16.7 Å². The smallest absolute Gasteiger partial charge is 0.232 e. The second-order valence-electron chi connectivity index (χ2n) is 7.16. The van der Waals surface area contributed by atoms with Crippen molar-refractivity contribution in [3.05, 3.63) is 52.0 Å². The molecule has 0 bridgehead atoms. The van der Waals surface area contributed by atoms with Crippen molar-refractivity contribution in [3.8, 4) is 17.2 Å². The minimum absolute atomic E-state index is 0.259. The van der Waals surface area contributed by atoms with Crippen molar-refractivity contribution in [2.24, 2.45) is 0 Å². The molecular formula is C21H21BrN4O3S. The molecule has 0 unspecified atom stereocenters. The zero-order valence-corrected chi connectivity index (χ0v) is 18.9. The molecule has 7 nitrogen and oxygen atoms in total. The average Bonchev–Trinajstić information content (AvgIpc) is 3.40. The fourth-order valence-electron chi connectivity index (χ4n) is 3.57. The Morgan fingerprint density at radius 3 is 2.80 bits per heavy atom. The molecule has 2 aliphatic rings. The molecule has 1 saturated heterocycles. The molecule has 5 rings (SSSR count). The van der Waals surface area contributed by atoms with Gasteiger partial charge < -0.3 is 19.1 Å². The Morgan fingerprint density at radius 1 is 1.10 bits per heavy atom. The number of fused-ring (bicyclic) bond motifs is 1. The average molecular weight is 489 g/mol. The zero-order valence-electron chi connectivity index (χ0n) is 16.5. The van der Waals surface area contributed by atoms with Crippen molar-refractivity contribution < 1.29 is 14.2 Å². The first-order valence-electron chi connectivity index (χ1n) is 9.75. The van der Waals surface area contributed by atoms with Crippen LogP contribution in [-0.2, 0) is 10.5 Å². The highest BCUT2D eigenvalue weighted by atomic mass is 79.9. The first-order valence-corrected chi connectivity index (χ1v) is 11.5. The normalized spacial score (nSPS) is 15.6. The first-order chi connectivity index (χ1) is 14.7. The molecule has 3 aromatic rings. The number of hydrogen-bond acceptors (Lipinski definition) is 7. The summed E-state index contributed by atoms with van der Waals surface area (Å²) in [7, 11) is 0. The molecule has 2 aliphatic heterocycles. The van der Waals surface area contributed by atoms with E-state index in [0.29, 0.717) is 13.2 Å². The summed E-state index contributed by atoms with van der Waals surface area (Å²) in [6, 6.07) is 12.5. The van der Waals surface area contributed by atoms with Gasteiger partial charge in [0.05, 0.1) is 23.4 Å². The van der Waals surface area contributed by atoms with Crippen LogP contribution in [0.3, 0.4) is 0 Å². The molecule has 3 heterocycles. The van der Waals surface area contributed by atoms with E-state index in [1.807, 2.05) is 6.07 Å². The van der Waals surface area contributed by atoms with E-state index in [9.17, 15) is 0 Å². The monoisotopic (exact) mass is 488 g/mol. The fourth-order valence-corrected chi connectivity index (χ4v) is 5.05. The maximum absolute atomic E-state index is 5.55. The van der Waals surface area contributed by atoms with Crippen molar-refractivity contribution in [3.63, 3.8) is 0 Å². The van der Waals surface area contributed by atoms with Gasteiger partial charge in [0.2, 0.25) is 12.7 Å². The number of thioether (sulfide) groups is 1. The summed E-state index contributed by atoms with van der Waals surface area (Å²) in [5, 5.41) is 9.93. The fraction of sp³-hybridized carbons (Fsp3) is 0.333. The molecular weight excluding hydrogens is 468 g/mol. The van der Waals surface area contributed by atoms with Gasteiger partial charge in [-0.3, -0.25) is 4.57 Å². The van der Waals surface area contributed by atoms with Crippen LogP contribution in [0.25, 0.3) is 5.69 Å². The van der Waals surface area contributed by atoms with E-state index in [1.165, 1.54) is 5.56 Å². The second-order valence-corrected chi connectivity index (χ2v) is 8.95. The molecule has 0 saturated carbocycles. The Bertz CT molecular complexity index is 1070. The van der Waals surface area contributed by atoms with Crippen molar-refractivity contribution in [1.82, 2.24) is 14.8 Å². The number of ether oxygens (including phenoxy) is 3. The molecule has 0 amide bonds. The van der Waals surface area contributed by atoms with Gasteiger partial charge in [-0.1, -0.05) is 23.9 Å². The SMILES string of the molecule is Cc1cccc(-n2c(SCc3cc(Br)c4c(c3)OCO4)nnc2N2CCOCC2)c1. The molecule has 2 aromatic carbocycles. The summed E-state index contributed by atoms with van der Waals surface area (Å²) in [6.45, 7) is 5.38. The number of morpholine rings is 1. The van der Waals surface area contributed by atoms with Crippen LogP contribution in [0, 0.1) is 6.92 Å². The van der Waals surface area contributed by atoms with Crippen LogP contribution in [0.2, 0.25) is 0 Å². The van der Waals surface area contributed by atoms with Crippen LogP contribution in [0.1, 0.15) is 11.1 Å². The number of anilines is 1. The zero-order chi connectivity index (χ0) is 20.5. The predicted molar refractivity (Wildman–Crippen MR) is 119 cm³/mol. The third-order valence-corrected chi connectivity index (χ3v) is 6.61. The van der Waals surface area contributed by atoms with E-state index in [0.717, 1.165) is 57.2 Å². The summed E-state index contributed by atoms with van der Waals surface area (Å²) in [5.74, 6) is 3.14. The number of aromatic nitrogens is 3. The highest BCUT2D eigenvalue weighted by Gasteiger charge is 2.23. The van der Waals surface area contributed by atoms with E-state index < -0.39 is 0 Å². The number of hydrogen-bond donors (Lipinski definition) is 0. The lowest BCUT2D eigenvalue weighted by Crippen LogP contribution is -2.37. The van der Waals surface area contributed by atoms with Gasteiger partial charge >= 0.3 is 0 Å². The van der Waals surface area contributed by atoms with Crippen LogP contribution in [-0.4, -0.2) is 47.9 Å². The number of nitrogens with zero attached hydrogens (tertiary/aromatic N) is 4. The van der Waals surface area contributed by atoms with Gasteiger partial charge in [0.25, 0.3) is 0 Å².